The second-order valence-corrected chi connectivity index (χ2v) is 3.10. The predicted molar refractivity (Wildman–Crippen MR) is 51.5 cm³/mol. The van der Waals surface area contributed by atoms with E-state index in [0.29, 0.717) is 11.1 Å². The Balaban J connectivity index is 2.65. The summed E-state index contributed by atoms with van der Waals surface area (Å²) in [5.41, 5.74) is -0.816. The Morgan fingerprint density at radius 3 is 2.60 bits per heavy atom. The molecule has 0 aliphatic carbocycles. The third kappa shape index (κ3) is 1.67. The lowest BCUT2D eigenvalue weighted by Gasteiger charge is -2.09. The number of hydrogen-bond donors (Lipinski definition) is 0. The van der Waals surface area contributed by atoms with Crippen LogP contribution in [0.25, 0.3) is 11.0 Å². The molecule has 0 fully saturated rings. The molecule has 0 N–H and O–H groups in total. The van der Waals surface area contributed by atoms with Crippen LogP contribution in [0, 0.1) is 0 Å². The average Bonchev–Trinajstić information content (AvgIpc) is 2.59. The first-order valence-electron chi connectivity index (χ1n) is 4.29. The van der Waals surface area contributed by atoms with Crippen molar-refractivity contribution in [3.63, 3.8) is 0 Å². The maximum atomic E-state index is 12.4. The summed E-state index contributed by atoms with van der Waals surface area (Å²) in [6, 6.07) is 5.70. The van der Waals surface area contributed by atoms with Gasteiger partial charge in [-0.05, 0) is 12.1 Å². The molecule has 80 valence electrons. The van der Waals surface area contributed by atoms with Crippen molar-refractivity contribution in [3.8, 4) is 5.75 Å². The third-order valence-corrected chi connectivity index (χ3v) is 2.07. The number of rotatable bonds is 2. The highest BCUT2D eigenvalue weighted by Gasteiger charge is 2.30. The van der Waals surface area contributed by atoms with E-state index in [1.54, 1.807) is 18.2 Å². The Morgan fingerprint density at radius 1 is 1.27 bits per heavy atom. The number of benzene rings is 1. The van der Waals surface area contributed by atoms with Crippen molar-refractivity contribution >= 4 is 23.6 Å². The topological polar surface area (TPSA) is 22.4 Å². The van der Waals surface area contributed by atoms with Crippen LogP contribution in [0.5, 0.6) is 5.75 Å². The lowest BCUT2D eigenvalue weighted by Crippen LogP contribution is -2.32. The molecule has 2 rings (SSSR count). The van der Waals surface area contributed by atoms with Gasteiger partial charge in [0.15, 0.2) is 11.3 Å². The Morgan fingerprint density at radius 2 is 2.00 bits per heavy atom. The van der Waals surface area contributed by atoms with Gasteiger partial charge in [-0.1, -0.05) is 12.1 Å². The summed E-state index contributed by atoms with van der Waals surface area (Å²) < 4.78 is 46.8. The fraction of sp³-hybridized carbons (Fsp3) is 0.111. The molecule has 15 heavy (non-hydrogen) atoms. The molecule has 0 aliphatic rings. The monoisotopic (exact) mass is 215 g/mol. The molecule has 0 saturated heterocycles. The van der Waals surface area contributed by atoms with E-state index in [-0.39, 0.29) is 5.58 Å². The van der Waals surface area contributed by atoms with Crippen LogP contribution in [0.4, 0.5) is 12.9 Å². The van der Waals surface area contributed by atoms with E-state index in [1.165, 1.54) is 7.11 Å². The van der Waals surface area contributed by atoms with Crippen LogP contribution in [0.1, 0.15) is 0 Å². The van der Waals surface area contributed by atoms with Gasteiger partial charge in [-0.2, -0.15) is 0 Å². The molecule has 6 heteroatoms. The summed E-state index contributed by atoms with van der Waals surface area (Å²) in [6.07, 6.45) is 0. The maximum Gasteiger partial charge on any atom is 0.544 e. The summed E-state index contributed by atoms with van der Waals surface area (Å²) in [5, 5.41) is 0.392. The van der Waals surface area contributed by atoms with Gasteiger partial charge in [-0.25, -0.2) is 0 Å². The zero-order valence-electron chi connectivity index (χ0n) is 7.84. The van der Waals surface area contributed by atoms with Crippen LogP contribution in [0.2, 0.25) is 0 Å². The molecule has 0 aliphatic heterocycles. The summed E-state index contributed by atoms with van der Waals surface area (Å²) >= 11 is 0. The first kappa shape index (κ1) is 9.95. The average molecular weight is 215 g/mol. The molecular weight excluding hydrogens is 208 g/mol. The van der Waals surface area contributed by atoms with Gasteiger partial charge in [0.25, 0.3) is 0 Å². The molecule has 1 aromatic heterocycles. The first-order chi connectivity index (χ1) is 7.02. The van der Waals surface area contributed by atoms with Gasteiger partial charge in [0.05, 0.1) is 7.11 Å². The summed E-state index contributed by atoms with van der Waals surface area (Å²) in [5.74, 6) is 0.304. The lowest BCUT2D eigenvalue weighted by atomic mass is 9.88. The number of halogens is 3. The van der Waals surface area contributed by atoms with Crippen molar-refractivity contribution in [2.75, 3.05) is 7.11 Å². The van der Waals surface area contributed by atoms with E-state index in [1.807, 2.05) is 0 Å². The molecule has 1 heterocycles. The van der Waals surface area contributed by atoms with Gasteiger partial charge in [-0.15, -0.1) is 0 Å². The molecule has 0 saturated carbocycles. The second-order valence-electron chi connectivity index (χ2n) is 3.10. The molecule has 0 bridgehead atoms. The van der Waals surface area contributed by atoms with Gasteiger partial charge in [0, 0.05) is 11.0 Å². The number of furan rings is 1. The van der Waals surface area contributed by atoms with Gasteiger partial charge in [0.1, 0.15) is 0 Å². The summed E-state index contributed by atoms with van der Waals surface area (Å²) in [7, 11) is 1.38. The summed E-state index contributed by atoms with van der Waals surface area (Å²) in [6.45, 7) is -5.10. The maximum absolute atomic E-state index is 12.4. The quantitative estimate of drug-likeness (QED) is 0.718. The Kier molecular flexibility index (Phi) is 2.14. The van der Waals surface area contributed by atoms with E-state index in [9.17, 15) is 12.9 Å². The molecular formula is C9H7BF3O2-. The van der Waals surface area contributed by atoms with Crippen LogP contribution in [0.15, 0.2) is 28.7 Å². The molecule has 0 atom stereocenters. The zero-order chi connectivity index (χ0) is 11.1. The van der Waals surface area contributed by atoms with Gasteiger partial charge < -0.3 is 22.1 Å². The second kappa shape index (κ2) is 3.22. The highest BCUT2D eigenvalue weighted by molar-refractivity contribution is 6.72. The zero-order valence-corrected chi connectivity index (χ0v) is 7.84. The smallest absolute Gasteiger partial charge is 0.493 e. The van der Waals surface area contributed by atoms with Crippen LogP contribution < -0.4 is 10.4 Å². The minimum Gasteiger partial charge on any atom is -0.493 e. The normalized spacial score (nSPS) is 12.0. The van der Waals surface area contributed by atoms with E-state index >= 15 is 0 Å². The van der Waals surface area contributed by atoms with Crippen LogP contribution >= 0.6 is 0 Å². The van der Waals surface area contributed by atoms with Crippen molar-refractivity contribution in [2.24, 2.45) is 0 Å². The van der Waals surface area contributed by atoms with E-state index in [2.05, 4.69) is 0 Å². The largest absolute Gasteiger partial charge is 0.544 e. The van der Waals surface area contributed by atoms with Gasteiger partial charge >= 0.3 is 6.98 Å². The van der Waals surface area contributed by atoms with E-state index in [4.69, 9.17) is 9.15 Å². The molecule has 2 aromatic rings. The van der Waals surface area contributed by atoms with Gasteiger partial charge in [0.2, 0.25) is 0 Å². The van der Waals surface area contributed by atoms with Crippen LogP contribution in [-0.4, -0.2) is 14.1 Å². The summed E-state index contributed by atoms with van der Waals surface area (Å²) in [4.78, 5) is 0. The standard InChI is InChI=1S/C9H7BF3O2/c1-14-7-4-2-3-6-5-8(10(11,12)13)15-9(6)7/h2-5H,1H3/q-1. The minimum atomic E-state index is -5.10. The van der Waals surface area contributed by atoms with Gasteiger partial charge in [-0.3, -0.25) is 0 Å². The Labute approximate surface area is 83.7 Å². The number of ether oxygens (including phenoxy) is 1. The molecule has 0 unspecified atom stereocenters. The third-order valence-electron chi connectivity index (χ3n) is 2.07. The first-order valence-corrected chi connectivity index (χ1v) is 4.29. The molecule has 2 nitrogen and oxygen atoms in total. The molecule has 0 amide bonds. The molecule has 0 spiro atoms. The van der Waals surface area contributed by atoms with Crippen LogP contribution in [0.3, 0.4) is 0 Å². The van der Waals surface area contributed by atoms with Crippen molar-refractivity contribution in [1.82, 2.24) is 0 Å². The highest BCUT2D eigenvalue weighted by Crippen LogP contribution is 2.26. The van der Waals surface area contributed by atoms with Crippen molar-refractivity contribution in [3.05, 3.63) is 24.3 Å². The minimum absolute atomic E-state index is 0.134. The van der Waals surface area contributed by atoms with Crippen molar-refractivity contribution in [1.29, 1.82) is 0 Å². The van der Waals surface area contributed by atoms with Crippen molar-refractivity contribution < 1.29 is 22.1 Å². The number of methoxy groups -OCH3 is 1. The fourth-order valence-electron chi connectivity index (χ4n) is 1.38. The number of hydrogen-bond acceptors (Lipinski definition) is 2. The number of para-hydroxylation sites is 1. The molecule has 1 aromatic carbocycles. The van der Waals surface area contributed by atoms with Crippen LogP contribution in [-0.2, 0) is 0 Å². The van der Waals surface area contributed by atoms with E-state index in [0.717, 1.165) is 6.07 Å². The fourth-order valence-corrected chi connectivity index (χ4v) is 1.38. The Hall–Kier alpha value is -1.59. The molecule has 0 radical (unpaired) electrons. The predicted octanol–water partition coefficient (Wildman–Crippen LogP) is 2.50. The van der Waals surface area contributed by atoms with Crippen molar-refractivity contribution in [2.45, 2.75) is 0 Å². The highest BCUT2D eigenvalue weighted by atomic mass is 19.4. The lowest BCUT2D eigenvalue weighted by molar-refractivity contribution is 0.409. The Bertz CT molecular complexity index is 490. The SMILES string of the molecule is COc1cccc2cc([B-](F)(F)F)oc12. The number of fused-ring (bicyclic) bond motifs is 1. The van der Waals surface area contributed by atoms with E-state index < -0.39 is 12.6 Å².